The molecule has 0 aliphatic carbocycles. The first-order valence-electron chi connectivity index (χ1n) is 18.5. The molecule has 0 atom stereocenters. The van der Waals surface area contributed by atoms with Crippen LogP contribution in [0.1, 0.15) is 53.9 Å². The molecule has 0 amide bonds. The maximum Gasteiger partial charge on any atom is 0.334 e. The molecule has 0 aromatic heterocycles. The van der Waals surface area contributed by atoms with Gasteiger partial charge in [0.1, 0.15) is 0 Å². The van der Waals surface area contributed by atoms with E-state index in [1.54, 1.807) is 14.2 Å². The highest BCUT2D eigenvalue weighted by atomic mass is 28.4. The van der Waals surface area contributed by atoms with Gasteiger partial charge < -0.3 is 33.2 Å². The fourth-order valence-corrected chi connectivity index (χ4v) is 5.18. The smallest absolute Gasteiger partial charge is 0.334 e. The van der Waals surface area contributed by atoms with E-state index < -0.39 is 8.56 Å². The van der Waals surface area contributed by atoms with Crippen LogP contribution in [0.4, 0.5) is 0 Å². The maximum absolute atomic E-state index is 11.0. The molecule has 0 rings (SSSR count). The van der Waals surface area contributed by atoms with Crippen molar-refractivity contribution in [1.82, 2.24) is 39.2 Å². The van der Waals surface area contributed by atoms with Crippen LogP contribution in [0.2, 0.25) is 12.6 Å². The van der Waals surface area contributed by atoms with Gasteiger partial charge in [-0.15, -0.1) is 0 Å². The SMILES string of the molecule is CC.CC.CCCC(=O)OCCC[Si](C)(OC)OC.CN(C)CCN(CCN(C)C)CN(C)C.CN(C)CCN(CCN(C)C)CN(C)C. The standard InChI is InChI=1S/2C11H28N4.C10H22O4Si.2C2H6/c2*1-12(2)7-9-15(11-14(5)6)10-8-13(3)4;1-5-7-10(11)14-8-6-9-15(4,12-2)13-3;2*1-2/h2*7-11H2,1-6H3;5-9H2,1-4H3;2*1-2H3. The first-order chi connectivity index (χ1) is 22.9. The van der Waals surface area contributed by atoms with Crippen LogP contribution in [0.3, 0.4) is 0 Å². The highest BCUT2D eigenvalue weighted by molar-refractivity contribution is 6.65. The van der Waals surface area contributed by atoms with Crippen LogP contribution in [0.25, 0.3) is 0 Å². The molecule has 0 N–H and O–H groups in total. The van der Waals surface area contributed by atoms with Crippen molar-refractivity contribution in [3.8, 4) is 0 Å². The third kappa shape index (κ3) is 49.4. The van der Waals surface area contributed by atoms with Crippen molar-refractivity contribution in [2.75, 3.05) is 171 Å². The summed E-state index contributed by atoms with van der Waals surface area (Å²) in [5.74, 6) is -0.115. The van der Waals surface area contributed by atoms with Gasteiger partial charge in [-0.25, -0.2) is 0 Å². The number of hydrogen-bond acceptors (Lipinski definition) is 12. The lowest BCUT2D eigenvalue weighted by Crippen LogP contribution is -2.41. The molecule has 0 saturated carbocycles. The molecule has 0 aromatic rings. The molecule has 0 fully saturated rings. The van der Waals surface area contributed by atoms with E-state index in [9.17, 15) is 4.79 Å². The number of carbonyl (C=O) groups excluding carboxylic acids is 1. The number of ether oxygens (including phenoxy) is 1. The molecule has 0 spiro atoms. The Hall–Kier alpha value is -0.713. The van der Waals surface area contributed by atoms with E-state index in [0.717, 1.165) is 84.6 Å². The lowest BCUT2D eigenvalue weighted by atomic mass is 10.3. The Labute approximate surface area is 309 Å². The van der Waals surface area contributed by atoms with Gasteiger partial charge in [-0.05, 0) is 110 Å². The van der Waals surface area contributed by atoms with E-state index in [1.807, 2.05) is 41.2 Å². The Morgan fingerprint density at radius 2 is 0.837 bits per heavy atom. The average molecular weight is 727 g/mol. The molecule has 0 saturated heterocycles. The van der Waals surface area contributed by atoms with Gasteiger partial charge >= 0.3 is 14.5 Å². The quantitative estimate of drug-likeness (QED) is 0.0626. The van der Waals surface area contributed by atoms with Crippen molar-refractivity contribution in [1.29, 1.82) is 0 Å². The number of nitrogens with zero attached hydrogens (tertiary/aromatic N) is 8. The number of esters is 1. The summed E-state index contributed by atoms with van der Waals surface area (Å²) >= 11 is 0. The van der Waals surface area contributed by atoms with Crippen LogP contribution >= 0.6 is 0 Å². The summed E-state index contributed by atoms with van der Waals surface area (Å²) in [5.41, 5.74) is 0. The molecule has 302 valence electrons. The Bertz CT molecular complexity index is 599. The van der Waals surface area contributed by atoms with E-state index in [1.165, 1.54) is 0 Å². The Morgan fingerprint density at radius 3 is 1.06 bits per heavy atom. The molecule has 0 bridgehead atoms. The topological polar surface area (TPSA) is 70.7 Å². The van der Waals surface area contributed by atoms with Crippen LogP contribution in [0, 0.1) is 0 Å². The first kappa shape index (κ1) is 57.6. The molecule has 12 nitrogen and oxygen atoms in total. The number of carbonyl (C=O) groups is 1. The summed E-state index contributed by atoms with van der Waals surface area (Å²) in [7, 11) is 26.8. The Balaban J connectivity index is -0.000000187. The lowest BCUT2D eigenvalue weighted by molar-refractivity contribution is -0.143. The summed E-state index contributed by atoms with van der Waals surface area (Å²) in [6, 6.07) is 0.847. The molecule has 0 aliphatic rings. The van der Waals surface area contributed by atoms with E-state index in [2.05, 4.69) is 124 Å². The number of rotatable bonds is 24. The van der Waals surface area contributed by atoms with Gasteiger partial charge in [0.25, 0.3) is 0 Å². The normalized spacial score (nSPS) is 11.3. The summed E-state index contributed by atoms with van der Waals surface area (Å²) in [6.45, 7) is 23.6. The summed E-state index contributed by atoms with van der Waals surface area (Å²) in [6.07, 6.45) is 2.14. The first-order valence-corrected chi connectivity index (χ1v) is 21.0. The molecule has 0 aromatic carbocycles. The zero-order chi connectivity index (χ0) is 39.4. The van der Waals surface area contributed by atoms with Crippen LogP contribution in [-0.4, -0.2) is 225 Å². The molecule has 0 aliphatic heterocycles. The zero-order valence-electron chi connectivity index (χ0n) is 36.8. The van der Waals surface area contributed by atoms with Crippen molar-refractivity contribution in [3.63, 3.8) is 0 Å². The highest BCUT2D eigenvalue weighted by Gasteiger charge is 2.27. The number of hydrogen-bond donors (Lipinski definition) is 0. The van der Waals surface area contributed by atoms with Crippen molar-refractivity contribution in [2.24, 2.45) is 0 Å². The van der Waals surface area contributed by atoms with E-state index in [4.69, 9.17) is 13.6 Å². The van der Waals surface area contributed by atoms with Crippen LogP contribution < -0.4 is 0 Å². The number of likely N-dealkylation sites (N-methyl/N-ethyl adjacent to an activating group) is 4. The average Bonchev–Trinajstić information content (AvgIpc) is 3.04. The van der Waals surface area contributed by atoms with E-state index >= 15 is 0 Å². The maximum atomic E-state index is 11.0. The van der Waals surface area contributed by atoms with E-state index in [0.29, 0.717) is 13.0 Å². The minimum absolute atomic E-state index is 0.115. The monoisotopic (exact) mass is 727 g/mol. The molecule has 0 radical (unpaired) electrons. The summed E-state index contributed by atoms with van der Waals surface area (Å²) in [4.78, 5) is 29.4. The van der Waals surface area contributed by atoms with Crippen molar-refractivity contribution in [2.45, 2.75) is 66.5 Å². The van der Waals surface area contributed by atoms with Crippen LogP contribution in [0.15, 0.2) is 0 Å². The van der Waals surface area contributed by atoms with Gasteiger partial charge in [-0.2, -0.15) is 0 Å². The molecule has 0 unspecified atom stereocenters. The third-order valence-corrected chi connectivity index (χ3v) is 9.76. The van der Waals surface area contributed by atoms with Crippen LogP contribution in [-0.2, 0) is 18.4 Å². The minimum atomic E-state index is -1.98. The minimum Gasteiger partial charge on any atom is -0.466 e. The summed E-state index contributed by atoms with van der Waals surface area (Å²) in [5, 5.41) is 0. The summed E-state index contributed by atoms with van der Waals surface area (Å²) < 4.78 is 15.7. The van der Waals surface area contributed by atoms with Gasteiger partial charge in [0.15, 0.2) is 0 Å². The largest absolute Gasteiger partial charge is 0.466 e. The zero-order valence-corrected chi connectivity index (χ0v) is 37.8. The third-order valence-electron chi connectivity index (χ3n) is 6.78. The Morgan fingerprint density at radius 1 is 0.531 bits per heavy atom. The lowest BCUT2D eigenvalue weighted by Gasteiger charge is -2.28. The van der Waals surface area contributed by atoms with Crippen molar-refractivity contribution < 1.29 is 18.4 Å². The molecule has 49 heavy (non-hydrogen) atoms. The predicted octanol–water partition coefficient (Wildman–Crippen LogP) is 4.00. The highest BCUT2D eigenvalue weighted by Crippen LogP contribution is 2.13. The Kier molecular flexibility index (Phi) is 47.1. The molecular formula is C36H90N8O4Si. The molecular weight excluding hydrogens is 637 g/mol. The fourth-order valence-electron chi connectivity index (χ4n) is 3.82. The van der Waals surface area contributed by atoms with Crippen molar-refractivity contribution in [3.05, 3.63) is 0 Å². The fraction of sp³-hybridized carbons (Fsp3) is 0.972. The van der Waals surface area contributed by atoms with E-state index in [-0.39, 0.29) is 5.97 Å². The van der Waals surface area contributed by atoms with Gasteiger partial charge in [0, 0.05) is 73.0 Å². The van der Waals surface area contributed by atoms with Gasteiger partial charge in [-0.1, -0.05) is 34.6 Å². The van der Waals surface area contributed by atoms with Crippen LogP contribution in [0.5, 0.6) is 0 Å². The van der Waals surface area contributed by atoms with Gasteiger partial charge in [0.05, 0.1) is 19.9 Å². The second-order valence-corrected chi connectivity index (χ2v) is 17.1. The van der Waals surface area contributed by atoms with Gasteiger partial charge in [-0.3, -0.25) is 24.4 Å². The van der Waals surface area contributed by atoms with Gasteiger partial charge in [0.2, 0.25) is 0 Å². The molecule has 13 heteroatoms. The van der Waals surface area contributed by atoms with Crippen molar-refractivity contribution >= 4 is 14.5 Å². The molecule has 0 heterocycles. The second kappa shape index (κ2) is 40.1. The second-order valence-electron chi connectivity index (χ2n) is 13.5. The predicted molar refractivity (Wildman–Crippen MR) is 218 cm³/mol.